The summed E-state index contributed by atoms with van der Waals surface area (Å²) in [5.74, 6) is 0. The number of likely N-dealkylation sites (N-methyl/N-ethyl adjacent to an activating group) is 2. The molecule has 3 atom stereocenters. The number of nitrogen functional groups attached to an aromatic ring is 1. The second kappa shape index (κ2) is 13.3. The number of quaternary nitrogens is 3. The van der Waals surface area contributed by atoms with E-state index in [0.717, 1.165) is 79.1 Å². The van der Waals surface area contributed by atoms with E-state index in [4.69, 9.17) is 5.73 Å². The minimum absolute atomic E-state index is 0. The van der Waals surface area contributed by atoms with Crippen molar-refractivity contribution in [1.82, 2.24) is 4.90 Å². The van der Waals surface area contributed by atoms with E-state index in [1.807, 2.05) is 6.07 Å². The fourth-order valence-electron chi connectivity index (χ4n) is 4.74. The zero-order valence-corrected chi connectivity index (χ0v) is 23.4. The lowest BCUT2D eigenvalue weighted by Crippen LogP contribution is -3.14. The van der Waals surface area contributed by atoms with E-state index in [-0.39, 0.29) is 24.6 Å². The van der Waals surface area contributed by atoms with Crippen LogP contribution in [0.25, 0.3) is 0 Å². The summed E-state index contributed by atoms with van der Waals surface area (Å²) in [6.45, 7) is 10.6. The van der Waals surface area contributed by atoms with Crippen molar-refractivity contribution >= 4 is 11.4 Å². The van der Waals surface area contributed by atoms with Crippen LogP contribution >= 0.6 is 0 Å². The number of nitrogens with two attached hydrogens (primary N) is 1. The minimum atomic E-state index is -0.356. The normalized spacial score (nSPS) is 20.6. The minimum Gasteiger partial charge on any atom is -1.00 e. The van der Waals surface area contributed by atoms with Crippen LogP contribution in [-0.2, 0) is 0 Å². The number of β-amino-alcohol motifs (C(OH)–C–C–N with tert-alkyl or cyclic N) is 1. The summed E-state index contributed by atoms with van der Waals surface area (Å²) in [6.07, 6.45) is -0.685. The Kier molecular flexibility index (Phi) is 12.0. The lowest BCUT2D eigenvalue weighted by Gasteiger charge is -2.31. The van der Waals surface area contributed by atoms with Crippen LogP contribution < -0.4 is 27.9 Å². The highest BCUT2D eigenvalue weighted by Crippen LogP contribution is 2.20. The number of hydrogen-bond acceptors (Lipinski definition) is 5. The fourth-order valence-corrected chi connectivity index (χ4v) is 4.74. The van der Waals surface area contributed by atoms with Gasteiger partial charge in [-0.25, -0.2) is 0 Å². The van der Waals surface area contributed by atoms with Crippen LogP contribution in [0, 0.1) is 6.92 Å². The number of nitrogens with one attached hydrogen (secondary N) is 1. The van der Waals surface area contributed by atoms with Gasteiger partial charge in [0.1, 0.15) is 25.7 Å². The Hall–Kier alpha value is -1.13. The molecule has 34 heavy (non-hydrogen) atoms. The topological polar surface area (TPSA) is 77.4 Å². The zero-order chi connectivity index (χ0) is 24.8. The number of rotatable bonds is 9. The Morgan fingerprint density at radius 1 is 0.912 bits per heavy atom. The van der Waals surface area contributed by atoms with Crippen molar-refractivity contribution < 1.29 is 36.5 Å². The molecule has 0 saturated carbocycles. The number of aliphatic hydroxyl groups excluding tert-OH is 2. The monoisotopic (exact) mass is 502 g/mol. The number of aliphatic hydroxyl groups is 2. The van der Waals surface area contributed by atoms with Gasteiger partial charge in [-0.05, 0) is 30.7 Å². The first kappa shape index (κ1) is 30.9. The zero-order valence-electron chi connectivity index (χ0n) is 22.6. The van der Waals surface area contributed by atoms with Crippen molar-refractivity contribution in [3.8, 4) is 0 Å². The van der Waals surface area contributed by atoms with Crippen molar-refractivity contribution in [3.05, 3.63) is 23.8 Å². The molecule has 1 aliphatic heterocycles. The molecule has 0 aromatic heterocycles. The molecule has 2 rings (SSSR count). The first-order valence-electron chi connectivity index (χ1n) is 12.4. The highest BCUT2D eigenvalue weighted by Gasteiger charge is 2.26. The Bertz CT molecular complexity index is 701. The molecule has 0 radical (unpaired) electrons. The molecule has 0 amide bonds. The molecular weight excluding hydrogens is 452 g/mol. The van der Waals surface area contributed by atoms with Gasteiger partial charge in [0.15, 0.2) is 6.10 Å². The summed E-state index contributed by atoms with van der Waals surface area (Å²) >= 11 is 0. The SMILES string of the molecule is Cc1cc(N2CCN(CC(O)C[N+](C)(C)C)CC[NH+](CC(O)C[N+](C)(C)C)CC2)ccc1N.[Cl-]. The molecule has 8 nitrogen and oxygen atoms in total. The lowest BCUT2D eigenvalue weighted by atomic mass is 10.1. The maximum absolute atomic E-state index is 10.7. The molecule has 5 N–H and O–H groups in total. The van der Waals surface area contributed by atoms with E-state index in [1.165, 1.54) is 10.6 Å². The van der Waals surface area contributed by atoms with Gasteiger partial charge in [-0.15, -0.1) is 0 Å². The van der Waals surface area contributed by atoms with Gasteiger partial charge < -0.3 is 47.1 Å². The summed E-state index contributed by atoms with van der Waals surface area (Å²) in [6, 6.07) is 6.28. The number of hydrogen-bond donors (Lipinski definition) is 4. The quantitative estimate of drug-likeness (QED) is 0.203. The summed E-state index contributed by atoms with van der Waals surface area (Å²) in [7, 11) is 12.7. The Balaban J connectivity index is 0.00000578. The first-order chi connectivity index (χ1) is 15.2. The Labute approximate surface area is 214 Å². The molecule has 1 fully saturated rings. The van der Waals surface area contributed by atoms with Crippen LogP contribution in [0.2, 0.25) is 0 Å². The van der Waals surface area contributed by atoms with E-state index in [9.17, 15) is 10.2 Å². The van der Waals surface area contributed by atoms with Crippen LogP contribution in [0.5, 0.6) is 0 Å². The van der Waals surface area contributed by atoms with Gasteiger partial charge in [-0.2, -0.15) is 0 Å². The average Bonchev–Trinajstić information content (AvgIpc) is 2.73. The lowest BCUT2D eigenvalue weighted by molar-refractivity contribution is -0.913. The van der Waals surface area contributed by atoms with E-state index in [1.54, 1.807) is 0 Å². The van der Waals surface area contributed by atoms with Gasteiger partial charge in [0.2, 0.25) is 0 Å². The molecule has 1 aromatic carbocycles. The Morgan fingerprint density at radius 3 is 2.09 bits per heavy atom. The Morgan fingerprint density at radius 2 is 1.50 bits per heavy atom. The van der Waals surface area contributed by atoms with Crippen LogP contribution in [-0.4, -0.2) is 144 Å². The van der Waals surface area contributed by atoms with Crippen LogP contribution in [0.15, 0.2) is 18.2 Å². The average molecular weight is 503 g/mol. The molecule has 9 heteroatoms. The third-order valence-electron chi connectivity index (χ3n) is 6.33. The maximum atomic E-state index is 10.7. The van der Waals surface area contributed by atoms with Crippen molar-refractivity contribution in [2.45, 2.75) is 19.1 Å². The summed E-state index contributed by atoms with van der Waals surface area (Å²) in [5, 5.41) is 21.5. The highest BCUT2D eigenvalue weighted by atomic mass is 35.5. The molecule has 198 valence electrons. The molecule has 0 aliphatic carbocycles. The van der Waals surface area contributed by atoms with E-state index in [2.05, 4.69) is 71.1 Å². The molecule has 0 spiro atoms. The van der Waals surface area contributed by atoms with Crippen LogP contribution in [0.1, 0.15) is 5.56 Å². The molecule has 1 saturated heterocycles. The molecule has 3 unspecified atom stereocenters. The number of aryl methyl sites for hydroxylation is 1. The summed E-state index contributed by atoms with van der Waals surface area (Å²) in [4.78, 5) is 6.25. The predicted molar refractivity (Wildman–Crippen MR) is 138 cm³/mol. The van der Waals surface area contributed by atoms with Gasteiger partial charge in [0.25, 0.3) is 0 Å². The maximum Gasteiger partial charge on any atom is 0.152 e. The third kappa shape index (κ3) is 11.5. The highest BCUT2D eigenvalue weighted by molar-refractivity contribution is 5.58. The number of nitrogens with zero attached hydrogens (tertiary/aromatic N) is 4. The van der Waals surface area contributed by atoms with Gasteiger partial charge in [0.05, 0.1) is 61.9 Å². The van der Waals surface area contributed by atoms with Gasteiger partial charge >= 0.3 is 0 Å². The summed E-state index contributed by atoms with van der Waals surface area (Å²) < 4.78 is 1.51. The van der Waals surface area contributed by atoms with Crippen LogP contribution in [0.3, 0.4) is 0 Å². The van der Waals surface area contributed by atoms with Crippen molar-refractivity contribution in [2.24, 2.45) is 0 Å². The van der Waals surface area contributed by atoms with E-state index < -0.39 is 0 Å². The predicted octanol–water partition coefficient (Wildman–Crippen LogP) is -4.28. The summed E-state index contributed by atoms with van der Waals surface area (Å²) in [5.41, 5.74) is 9.19. The standard InChI is InChI=1S/C25H50N6O2.ClH/c1-21-16-22(8-9-25(21)26)29-14-12-27(17-23(32)19-30(2,3)4)10-11-28(13-15-29)18-24(33)20-31(5,6)7;/h8-9,16,23-24,32-33H,10-15,17-20,26H2,1-7H3;1H/q+2;. The van der Waals surface area contributed by atoms with Crippen molar-refractivity contribution in [1.29, 1.82) is 0 Å². The van der Waals surface area contributed by atoms with Gasteiger partial charge in [-0.3, -0.25) is 4.90 Å². The smallest absolute Gasteiger partial charge is 0.152 e. The van der Waals surface area contributed by atoms with E-state index >= 15 is 0 Å². The molecular formula is C25H51ClN6O2+2. The first-order valence-corrected chi connectivity index (χ1v) is 12.4. The number of anilines is 2. The van der Waals surface area contributed by atoms with Gasteiger partial charge in [-0.1, -0.05) is 0 Å². The largest absolute Gasteiger partial charge is 1.00 e. The van der Waals surface area contributed by atoms with Crippen LogP contribution in [0.4, 0.5) is 11.4 Å². The fraction of sp³-hybridized carbons (Fsp3) is 0.760. The second-order valence-corrected chi connectivity index (χ2v) is 12.0. The number of benzene rings is 1. The van der Waals surface area contributed by atoms with Crippen molar-refractivity contribution in [3.63, 3.8) is 0 Å². The van der Waals surface area contributed by atoms with Crippen molar-refractivity contribution in [2.75, 3.05) is 118 Å². The number of halogens is 1. The second-order valence-electron chi connectivity index (χ2n) is 12.0. The molecule has 1 aromatic rings. The van der Waals surface area contributed by atoms with E-state index in [0.29, 0.717) is 6.54 Å². The molecule has 1 aliphatic rings. The third-order valence-corrected chi connectivity index (χ3v) is 6.33. The van der Waals surface area contributed by atoms with Gasteiger partial charge in [0, 0.05) is 37.6 Å². The molecule has 0 bridgehead atoms. The molecule has 1 heterocycles.